The number of sulfonamides is 1. The highest BCUT2D eigenvalue weighted by Gasteiger charge is 2.28. The first-order valence-corrected chi connectivity index (χ1v) is 9.15. The Hall–Kier alpha value is -1.07. The molecule has 5 heteroatoms. The first-order chi connectivity index (χ1) is 9.97. The van der Waals surface area contributed by atoms with E-state index in [1.807, 2.05) is 13.0 Å². The molecule has 1 aromatic carbocycles. The Balaban J connectivity index is 2.30. The van der Waals surface area contributed by atoms with Crippen LogP contribution in [0.5, 0.6) is 5.75 Å². The van der Waals surface area contributed by atoms with Gasteiger partial charge in [-0.3, -0.25) is 0 Å². The first-order valence-electron chi connectivity index (χ1n) is 7.67. The molecule has 0 amide bonds. The van der Waals surface area contributed by atoms with Gasteiger partial charge < -0.3 is 4.74 Å². The molecule has 0 radical (unpaired) electrons. The van der Waals surface area contributed by atoms with E-state index < -0.39 is 10.0 Å². The van der Waals surface area contributed by atoms with Crippen LogP contribution in [-0.4, -0.2) is 21.6 Å². The van der Waals surface area contributed by atoms with Gasteiger partial charge in [-0.05, 0) is 42.9 Å². The minimum Gasteiger partial charge on any atom is -0.495 e. The van der Waals surface area contributed by atoms with Gasteiger partial charge in [-0.15, -0.1) is 0 Å². The lowest BCUT2D eigenvalue weighted by atomic mass is 9.87. The van der Waals surface area contributed by atoms with E-state index in [0.29, 0.717) is 11.7 Å². The molecular weight excluding hydrogens is 286 g/mol. The fourth-order valence-electron chi connectivity index (χ4n) is 2.91. The van der Waals surface area contributed by atoms with Crippen molar-refractivity contribution in [3.63, 3.8) is 0 Å². The summed E-state index contributed by atoms with van der Waals surface area (Å²) in [6.07, 6.45) is 5.07. The summed E-state index contributed by atoms with van der Waals surface area (Å²) in [5.41, 5.74) is 0.993. The summed E-state index contributed by atoms with van der Waals surface area (Å²) in [6.45, 7) is 4.13. The Bertz CT molecular complexity index is 583. The predicted molar refractivity (Wildman–Crippen MR) is 84.1 cm³/mol. The molecule has 0 bridgehead atoms. The van der Waals surface area contributed by atoms with Crippen LogP contribution in [0.1, 0.15) is 45.1 Å². The SMILES string of the molecule is CCc1ccc(OC)c(S(=O)(=O)NC2CCCCC2C)c1. The summed E-state index contributed by atoms with van der Waals surface area (Å²) in [5.74, 6) is 0.789. The van der Waals surface area contributed by atoms with E-state index in [2.05, 4.69) is 11.6 Å². The number of benzene rings is 1. The molecule has 1 saturated carbocycles. The first kappa shape index (κ1) is 16.3. The zero-order chi connectivity index (χ0) is 15.5. The number of hydrogen-bond donors (Lipinski definition) is 1. The van der Waals surface area contributed by atoms with Crippen LogP contribution in [0.15, 0.2) is 23.1 Å². The molecule has 21 heavy (non-hydrogen) atoms. The van der Waals surface area contributed by atoms with E-state index in [1.54, 1.807) is 12.1 Å². The molecule has 118 valence electrons. The monoisotopic (exact) mass is 311 g/mol. The lowest BCUT2D eigenvalue weighted by molar-refractivity contribution is 0.310. The molecular formula is C16H25NO3S. The molecule has 0 aromatic heterocycles. The number of nitrogens with one attached hydrogen (secondary N) is 1. The van der Waals surface area contributed by atoms with Gasteiger partial charge in [0.05, 0.1) is 7.11 Å². The summed E-state index contributed by atoms with van der Waals surface area (Å²) in [5, 5.41) is 0. The molecule has 2 unspecified atom stereocenters. The van der Waals surface area contributed by atoms with Gasteiger partial charge in [0.15, 0.2) is 0 Å². The second-order valence-corrected chi connectivity index (χ2v) is 7.51. The van der Waals surface area contributed by atoms with E-state index in [-0.39, 0.29) is 10.9 Å². The summed E-state index contributed by atoms with van der Waals surface area (Å²) < 4.78 is 33.5. The third-order valence-electron chi connectivity index (χ3n) is 4.34. The maximum absolute atomic E-state index is 12.7. The van der Waals surface area contributed by atoms with E-state index in [4.69, 9.17) is 4.74 Å². The van der Waals surface area contributed by atoms with Crippen molar-refractivity contribution in [3.05, 3.63) is 23.8 Å². The fourth-order valence-corrected chi connectivity index (χ4v) is 4.50. The van der Waals surface area contributed by atoms with E-state index in [0.717, 1.165) is 31.2 Å². The van der Waals surface area contributed by atoms with Gasteiger partial charge in [0, 0.05) is 6.04 Å². The number of aryl methyl sites for hydroxylation is 1. The highest BCUT2D eigenvalue weighted by atomic mass is 32.2. The Morgan fingerprint density at radius 3 is 2.62 bits per heavy atom. The standard InChI is InChI=1S/C16H25NO3S/c1-4-13-9-10-15(20-3)16(11-13)21(18,19)17-14-8-6-5-7-12(14)2/h9-12,14,17H,4-8H2,1-3H3. The van der Waals surface area contributed by atoms with Crippen molar-refractivity contribution in [1.29, 1.82) is 0 Å². The van der Waals surface area contributed by atoms with Gasteiger partial charge in [0.1, 0.15) is 10.6 Å². The van der Waals surface area contributed by atoms with Crippen LogP contribution in [0.25, 0.3) is 0 Å². The van der Waals surface area contributed by atoms with E-state index >= 15 is 0 Å². The molecule has 0 aliphatic heterocycles. The van der Waals surface area contributed by atoms with Crippen LogP contribution in [0.3, 0.4) is 0 Å². The third kappa shape index (κ3) is 3.77. The van der Waals surface area contributed by atoms with Crippen molar-refractivity contribution in [2.24, 2.45) is 5.92 Å². The summed E-state index contributed by atoms with van der Waals surface area (Å²) in [7, 11) is -2.04. The van der Waals surface area contributed by atoms with Crippen LogP contribution in [0.2, 0.25) is 0 Å². The molecule has 1 N–H and O–H groups in total. The fraction of sp³-hybridized carbons (Fsp3) is 0.625. The van der Waals surface area contributed by atoms with Crippen molar-refractivity contribution in [3.8, 4) is 5.75 Å². The van der Waals surface area contributed by atoms with Crippen LogP contribution in [0, 0.1) is 5.92 Å². The molecule has 1 aliphatic rings. The Kier molecular flexibility index (Phi) is 5.27. The predicted octanol–water partition coefficient (Wildman–Crippen LogP) is 3.11. The Labute approximate surface area is 127 Å². The maximum Gasteiger partial charge on any atom is 0.244 e. The van der Waals surface area contributed by atoms with Crippen LogP contribution in [-0.2, 0) is 16.4 Å². The van der Waals surface area contributed by atoms with Crippen molar-refractivity contribution in [2.45, 2.75) is 56.9 Å². The Morgan fingerprint density at radius 2 is 2.00 bits per heavy atom. The van der Waals surface area contributed by atoms with E-state index in [1.165, 1.54) is 13.5 Å². The third-order valence-corrected chi connectivity index (χ3v) is 5.85. The maximum atomic E-state index is 12.7. The second kappa shape index (κ2) is 6.79. The highest BCUT2D eigenvalue weighted by Crippen LogP contribution is 2.29. The molecule has 1 fully saturated rings. The van der Waals surface area contributed by atoms with Gasteiger partial charge in [0.2, 0.25) is 10.0 Å². The summed E-state index contributed by atoms with van der Waals surface area (Å²) in [6, 6.07) is 5.38. The molecule has 1 aromatic rings. The van der Waals surface area contributed by atoms with E-state index in [9.17, 15) is 8.42 Å². The van der Waals surface area contributed by atoms with Crippen molar-refractivity contribution < 1.29 is 13.2 Å². The van der Waals surface area contributed by atoms with Crippen molar-refractivity contribution in [1.82, 2.24) is 4.72 Å². The van der Waals surface area contributed by atoms with Crippen molar-refractivity contribution >= 4 is 10.0 Å². The van der Waals surface area contributed by atoms with Crippen LogP contribution < -0.4 is 9.46 Å². The molecule has 0 spiro atoms. The summed E-state index contributed by atoms with van der Waals surface area (Å²) >= 11 is 0. The number of ether oxygens (including phenoxy) is 1. The minimum absolute atomic E-state index is 0.0266. The van der Waals surface area contributed by atoms with Gasteiger partial charge in [-0.2, -0.15) is 0 Å². The smallest absolute Gasteiger partial charge is 0.244 e. The van der Waals surface area contributed by atoms with Crippen LogP contribution >= 0.6 is 0 Å². The molecule has 0 heterocycles. The Morgan fingerprint density at radius 1 is 1.29 bits per heavy atom. The van der Waals surface area contributed by atoms with Gasteiger partial charge in [-0.1, -0.05) is 32.8 Å². The number of rotatable bonds is 5. The zero-order valence-corrected chi connectivity index (χ0v) is 13.9. The summed E-state index contributed by atoms with van der Waals surface area (Å²) in [4.78, 5) is 0.252. The normalized spacial score (nSPS) is 23.0. The molecule has 2 atom stereocenters. The topological polar surface area (TPSA) is 55.4 Å². The molecule has 4 nitrogen and oxygen atoms in total. The quantitative estimate of drug-likeness (QED) is 0.909. The highest BCUT2D eigenvalue weighted by molar-refractivity contribution is 7.89. The average Bonchev–Trinajstić information content (AvgIpc) is 2.48. The minimum atomic E-state index is -3.54. The van der Waals surface area contributed by atoms with Gasteiger partial charge >= 0.3 is 0 Å². The largest absolute Gasteiger partial charge is 0.495 e. The average molecular weight is 311 g/mol. The number of methoxy groups -OCH3 is 1. The van der Waals surface area contributed by atoms with Gasteiger partial charge in [-0.25, -0.2) is 13.1 Å². The second-order valence-electron chi connectivity index (χ2n) is 5.83. The lowest BCUT2D eigenvalue weighted by Crippen LogP contribution is -2.41. The lowest BCUT2D eigenvalue weighted by Gasteiger charge is -2.29. The zero-order valence-electron chi connectivity index (χ0n) is 13.1. The molecule has 0 saturated heterocycles. The number of hydrogen-bond acceptors (Lipinski definition) is 3. The molecule has 1 aliphatic carbocycles. The van der Waals surface area contributed by atoms with Crippen molar-refractivity contribution in [2.75, 3.05) is 7.11 Å². The van der Waals surface area contributed by atoms with Crippen LogP contribution in [0.4, 0.5) is 0 Å². The van der Waals surface area contributed by atoms with Gasteiger partial charge in [0.25, 0.3) is 0 Å². The molecule has 2 rings (SSSR count).